The van der Waals surface area contributed by atoms with Crippen molar-refractivity contribution in [2.24, 2.45) is 0 Å². The van der Waals surface area contributed by atoms with E-state index in [0.29, 0.717) is 24.6 Å². The molecule has 0 unspecified atom stereocenters. The zero-order chi connectivity index (χ0) is 21.9. The van der Waals surface area contributed by atoms with E-state index >= 15 is 0 Å². The molecule has 0 bridgehead atoms. The zero-order valence-corrected chi connectivity index (χ0v) is 17.5. The number of nitrogens with one attached hydrogen (secondary N) is 1. The molecule has 0 radical (unpaired) electrons. The highest BCUT2D eigenvalue weighted by Crippen LogP contribution is 2.21. The van der Waals surface area contributed by atoms with Crippen LogP contribution in [-0.2, 0) is 10.0 Å². The van der Waals surface area contributed by atoms with Gasteiger partial charge in [-0.2, -0.15) is 8.99 Å². The van der Waals surface area contributed by atoms with Crippen LogP contribution in [0.5, 0.6) is 0 Å². The van der Waals surface area contributed by atoms with Crippen LogP contribution < -0.4 is 5.32 Å². The fourth-order valence-corrected chi connectivity index (χ4v) is 4.43. The molecule has 0 fully saturated rings. The number of anilines is 1. The van der Waals surface area contributed by atoms with Crippen molar-refractivity contribution in [3.8, 4) is 5.69 Å². The standard InChI is InChI=1S/C19H21FN6O3S/c1-4-25(5-2)30(28,29)16-8-6-7-14(11-16)19(27)21-15-9-10-17(20)18(12-15)26-13(3)22-23-24-26/h6-12H,4-5H2,1-3H3,(H,21,27). The molecule has 0 aliphatic rings. The second-order valence-corrected chi connectivity index (χ2v) is 8.31. The minimum Gasteiger partial charge on any atom is -0.322 e. The Morgan fingerprint density at radius 1 is 1.17 bits per heavy atom. The molecule has 30 heavy (non-hydrogen) atoms. The van der Waals surface area contributed by atoms with E-state index in [-0.39, 0.29) is 16.1 Å². The van der Waals surface area contributed by atoms with Gasteiger partial charge in [-0.3, -0.25) is 4.79 Å². The van der Waals surface area contributed by atoms with E-state index < -0.39 is 21.7 Å². The van der Waals surface area contributed by atoms with E-state index in [9.17, 15) is 17.6 Å². The fourth-order valence-electron chi connectivity index (χ4n) is 2.92. The number of halogens is 1. The summed E-state index contributed by atoms with van der Waals surface area (Å²) in [5, 5.41) is 13.6. The molecule has 1 heterocycles. The number of aryl methyl sites for hydroxylation is 1. The number of sulfonamides is 1. The van der Waals surface area contributed by atoms with E-state index in [0.717, 1.165) is 0 Å². The molecule has 1 amide bonds. The van der Waals surface area contributed by atoms with Gasteiger partial charge in [0, 0.05) is 24.3 Å². The lowest BCUT2D eigenvalue weighted by Crippen LogP contribution is -2.30. The number of aromatic nitrogens is 4. The molecule has 0 aliphatic heterocycles. The van der Waals surface area contributed by atoms with Crippen molar-refractivity contribution in [3.05, 3.63) is 59.7 Å². The van der Waals surface area contributed by atoms with E-state index in [1.54, 1.807) is 20.8 Å². The summed E-state index contributed by atoms with van der Waals surface area (Å²) in [6, 6.07) is 9.76. The Balaban J connectivity index is 1.88. The molecule has 3 rings (SSSR count). The highest BCUT2D eigenvalue weighted by atomic mass is 32.2. The van der Waals surface area contributed by atoms with Crippen LogP contribution in [0.1, 0.15) is 30.0 Å². The summed E-state index contributed by atoms with van der Waals surface area (Å²) < 4.78 is 42.1. The third-order valence-corrected chi connectivity index (χ3v) is 6.54. The Kier molecular flexibility index (Phi) is 6.22. The predicted molar refractivity (Wildman–Crippen MR) is 108 cm³/mol. The quantitative estimate of drug-likeness (QED) is 0.614. The first-order valence-corrected chi connectivity index (χ1v) is 10.7. The number of carbonyl (C=O) groups excluding carboxylic acids is 1. The van der Waals surface area contributed by atoms with Gasteiger partial charge in [0.15, 0.2) is 5.82 Å². The molecule has 0 aliphatic carbocycles. The number of hydrogen-bond donors (Lipinski definition) is 1. The maximum Gasteiger partial charge on any atom is 0.255 e. The number of nitrogens with zero attached hydrogens (tertiary/aromatic N) is 5. The van der Waals surface area contributed by atoms with Crippen molar-refractivity contribution < 1.29 is 17.6 Å². The lowest BCUT2D eigenvalue weighted by atomic mass is 10.2. The number of benzene rings is 2. The average Bonchev–Trinajstić information content (AvgIpc) is 3.16. The van der Waals surface area contributed by atoms with Crippen LogP contribution in [0, 0.1) is 12.7 Å². The molecule has 1 N–H and O–H groups in total. The van der Waals surface area contributed by atoms with Crippen LogP contribution in [0.4, 0.5) is 10.1 Å². The Labute approximate surface area is 173 Å². The van der Waals surface area contributed by atoms with Gasteiger partial charge >= 0.3 is 0 Å². The minimum absolute atomic E-state index is 0.0305. The molecular weight excluding hydrogens is 411 g/mol. The molecule has 11 heteroatoms. The summed E-state index contributed by atoms with van der Waals surface area (Å²) in [7, 11) is -3.70. The number of carbonyl (C=O) groups is 1. The zero-order valence-electron chi connectivity index (χ0n) is 16.7. The number of tetrazole rings is 1. The van der Waals surface area contributed by atoms with Gasteiger partial charge < -0.3 is 5.32 Å². The van der Waals surface area contributed by atoms with Crippen molar-refractivity contribution >= 4 is 21.6 Å². The molecule has 0 spiro atoms. The highest BCUT2D eigenvalue weighted by Gasteiger charge is 2.22. The molecule has 0 saturated heterocycles. The monoisotopic (exact) mass is 432 g/mol. The van der Waals surface area contributed by atoms with Gasteiger partial charge in [0.05, 0.1) is 4.90 Å². The van der Waals surface area contributed by atoms with Crippen molar-refractivity contribution in [1.29, 1.82) is 0 Å². The predicted octanol–water partition coefficient (Wildman–Crippen LogP) is 2.39. The van der Waals surface area contributed by atoms with E-state index in [1.165, 1.54) is 51.5 Å². The molecule has 9 nitrogen and oxygen atoms in total. The second-order valence-electron chi connectivity index (χ2n) is 6.38. The summed E-state index contributed by atoms with van der Waals surface area (Å²) >= 11 is 0. The summed E-state index contributed by atoms with van der Waals surface area (Å²) in [6.45, 7) is 5.76. The normalized spacial score (nSPS) is 11.6. The lowest BCUT2D eigenvalue weighted by molar-refractivity contribution is 0.102. The Hall–Kier alpha value is -3.18. The van der Waals surface area contributed by atoms with Crippen molar-refractivity contribution in [1.82, 2.24) is 24.5 Å². The van der Waals surface area contributed by atoms with Crippen molar-refractivity contribution in [3.63, 3.8) is 0 Å². The topological polar surface area (TPSA) is 110 Å². The maximum absolute atomic E-state index is 14.2. The smallest absolute Gasteiger partial charge is 0.255 e. The van der Waals surface area contributed by atoms with Crippen LogP contribution in [0.3, 0.4) is 0 Å². The molecule has 0 atom stereocenters. The largest absolute Gasteiger partial charge is 0.322 e. The highest BCUT2D eigenvalue weighted by molar-refractivity contribution is 7.89. The maximum atomic E-state index is 14.2. The second kappa shape index (κ2) is 8.67. The molecule has 3 aromatic rings. The van der Waals surface area contributed by atoms with Crippen LogP contribution in [0.15, 0.2) is 47.4 Å². The lowest BCUT2D eigenvalue weighted by Gasteiger charge is -2.18. The third-order valence-electron chi connectivity index (χ3n) is 4.50. The average molecular weight is 432 g/mol. The first kappa shape index (κ1) is 21.5. The third kappa shape index (κ3) is 4.21. The van der Waals surface area contributed by atoms with Gasteiger partial charge in [-0.15, -0.1) is 5.10 Å². The van der Waals surface area contributed by atoms with Crippen molar-refractivity contribution in [2.75, 3.05) is 18.4 Å². The Morgan fingerprint density at radius 3 is 2.53 bits per heavy atom. The summed E-state index contributed by atoms with van der Waals surface area (Å²) in [5.41, 5.74) is 0.546. The molecule has 0 saturated carbocycles. The number of rotatable bonds is 7. The first-order chi connectivity index (χ1) is 14.3. The minimum atomic E-state index is -3.70. The van der Waals surface area contributed by atoms with Crippen LogP contribution >= 0.6 is 0 Å². The molecule has 2 aromatic carbocycles. The van der Waals surface area contributed by atoms with Gasteiger partial charge in [-0.1, -0.05) is 19.9 Å². The fraction of sp³-hybridized carbons (Fsp3) is 0.263. The van der Waals surface area contributed by atoms with Gasteiger partial charge in [0.25, 0.3) is 5.91 Å². The summed E-state index contributed by atoms with van der Waals surface area (Å²) in [6.07, 6.45) is 0. The SMILES string of the molecule is CCN(CC)S(=O)(=O)c1cccc(C(=O)Nc2ccc(F)c(-n3nnnc3C)c2)c1. The van der Waals surface area contributed by atoms with E-state index in [4.69, 9.17) is 0 Å². The van der Waals surface area contributed by atoms with Gasteiger partial charge in [0.2, 0.25) is 10.0 Å². The van der Waals surface area contributed by atoms with Gasteiger partial charge in [-0.25, -0.2) is 12.8 Å². The molecule has 158 valence electrons. The summed E-state index contributed by atoms with van der Waals surface area (Å²) in [4.78, 5) is 12.7. The Morgan fingerprint density at radius 2 is 1.90 bits per heavy atom. The molecular formula is C19H21FN6O3S. The first-order valence-electron chi connectivity index (χ1n) is 9.24. The molecule has 1 aromatic heterocycles. The number of amides is 1. The van der Waals surface area contributed by atoms with E-state index in [1.807, 2.05) is 0 Å². The Bertz CT molecular complexity index is 1170. The number of hydrogen-bond acceptors (Lipinski definition) is 6. The van der Waals surface area contributed by atoms with Crippen LogP contribution in [0.2, 0.25) is 0 Å². The van der Waals surface area contributed by atoms with E-state index in [2.05, 4.69) is 20.8 Å². The van der Waals surface area contributed by atoms with Crippen LogP contribution in [-0.4, -0.2) is 51.9 Å². The van der Waals surface area contributed by atoms with Gasteiger partial charge in [0.1, 0.15) is 11.5 Å². The van der Waals surface area contributed by atoms with Crippen molar-refractivity contribution in [2.45, 2.75) is 25.7 Å². The summed E-state index contributed by atoms with van der Waals surface area (Å²) in [5.74, 6) is -0.708. The van der Waals surface area contributed by atoms with Gasteiger partial charge in [-0.05, 0) is 53.7 Å². The van der Waals surface area contributed by atoms with Crippen LogP contribution in [0.25, 0.3) is 5.69 Å².